The molecule has 0 bridgehead atoms. The molecule has 2 aromatic rings. The third kappa shape index (κ3) is 4.60. The monoisotopic (exact) mass is 341 g/mol. The van der Waals surface area contributed by atoms with Crippen molar-refractivity contribution in [3.05, 3.63) is 42.1 Å². The molecule has 25 heavy (non-hydrogen) atoms. The van der Waals surface area contributed by atoms with E-state index in [4.69, 9.17) is 4.52 Å². The van der Waals surface area contributed by atoms with Crippen LogP contribution in [-0.2, 0) is 6.54 Å². The summed E-state index contributed by atoms with van der Waals surface area (Å²) in [5.74, 6) is 1.58. The van der Waals surface area contributed by atoms with Gasteiger partial charge in [0.2, 0.25) is 0 Å². The van der Waals surface area contributed by atoms with Gasteiger partial charge in [-0.3, -0.25) is 9.89 Å². The highest BCUT2D eigenvalue weighted by Gasteiger charge is 2.22. The predicted molar refractivity (Wildman–Crippen MR) is 100 cm³/mol. The van der Waals surface area contributed by atoms with Crippen molar-refractivity contribution in [3.8, 4) is 11.3 Å². The van der Waals surface area contributed by atoms with Crippen LogP contribution >= 0.6 is 0 Å². The number of hydrogen-bond donors (Lipinski definition) is 2. The number of aromatic nitrogens is 1. The molecule has 6 nitrogen and oxygen atoms in total. The summed E-state index contributed by atoms with van der Waals surface area (Å²) in [5.41, 5.74) is 1.89. The summed E-state index contributed by atoms with van der Waals surface area (Å²) in [6.45, 7) is 6.04. The van der Waals surface area contributed by atoms with Gasteiger partial charge in [-0.1, -0.05) is 42.4 Å². The molecule has 1 fully saturated rings. The number of likely N-dealkylation sites (N-methyl/N-ethyl adjacent to an activating group) is 1. The molecule has 1 saturated heterocycles. The first kappa shape index (κ1) is 17.5. The van der Waals surface area contributed by atoms with E-state index in [1.165, 1.54) is 19.4 Å². The SMILES string of the molecule is CCN1CCCC1CNC(=NC)NCc1cc(-c2ccccc2)on1. The van der Waals surface area contributed by atoms with Gasteiger partial charge in [0.1, 0.15) is 5.69 Å². The molecule has 0 aliphatic carbocycles. The Hall–Kier alpha value is -2.34. The topological polar surface area (TPSA) is 65.7 Å². The average Bonchev–Trinajstić information content (AvgIpc) is 3.31. The lowest BCUT2D eigenvalue weighted by atomic mass is 10.2. The molecule has 1 unspecified atom stereocenters. The van der Waals surface area contributed by atoms with E-state index < -0.39 is 0 Å². The Bertz CT molecular complexity index is 682. The number of hydrogen-bond acceptors (Lipinski definition) is 4. The molecule has 2 N–H and O–H groups in total. The molecule has 0 amide bonds. The van der Waals surface area contributed by atoms with Crippen LogP contribution in [0.1, 0.15) is 25.5 Å². The van der Waals surface area contributed by atoms with Crippen LogP contribution in [0.5, 0.6) is 0 Å². The number of nitrogens with zero attached hydrogens (tertiary/aromatic N) is 3. The van der Waals surface area contributed by atoms with Crippen LogP contribution < -0.4 is 10.6 Å². The first-order chi connectivity index (χ1) is 12.3. The number of likely N-dealkylation sites (tertiary alicyclic amines) is 1. The summed E-state index contributed by atoms with van der Waals surface area (Å²) in [5, 5.41) is 10.9. The van der Waals surface area contributed by atoms with Gasteiger partial charge in [0.25, 0.3) is 0 Å². The summed E-state index contributed by atoms with van der Waals surface area (Å²) in [6, 6.07) is 12.6. The van der Waals surface area contributed by atoms with E-state index >= 15 is 0 Å². The number of benzene rings is 1. The maximum atomic E-state index is 5.43. The van der Waals surface area contributed by atoms with Crippen LogP contribution in [0, 0.1) is 0 Å². The molecule has 1 aliphatic rings. The zero-order valence-electron chi connectivity index (χ0n) is 15.0. The fourth-order valence-electron chi connectivity index (χ4n) is 3.29. The normalized spacial score (nSPS) is 18.5. The van der Waals surface area contributed by atoms with Gasteiger partial charge < -0.3 is 15.2 Å². The number of rotatable bonds is 6. The Morgan fingerprint density at radius 1 is 1.32 bits per heavy atom. The number of guanidine groups is 1. The first-order valence-electron chi connectivity index (χ1n) is 8.99. The minimum absolute atomic E-state index is 0.582. The Labute approximate surface area is 149 Å². The van der Waals surface area contributed by atoms with E-state index in [0.29, 0.717) is 12.6 Å². The van der Waals surface area contributed by atoms with Gasteiger partial charge >= 0.3 is 0 Å². The van der Waals surface area contributed by atoms with Crippen molar-refractivity contribution in [2.75, 3.05) is 26.7 Å². The molecule has 1 atom stereocenters. The van der Waals surface area contributed by atoms with E-state index in [0.717, 1.165) is 36.1 Å². The third-order valence-electron chi connectivity index (χ3n) is 4.69. The van der Waals surface area contributed by atoms with Gasteiger partial charge in [-0.25, -0.2) is 0 Å². The maximum Gasteiger partial charge on any atom is 0.191 e. The zero-order chi connectivity index (χ0) is 17.5. The van der Waals surface area contributed by atoms with E-state index in [-0.39, 0.29) is 0 Å². The number of aliphatic imine (C=N–C) groups is 1. The van der Waals surface area contributed by atoms with Crippen molar-refractivity contribution in [1.29, 1.82) is 0 Å². The van der Waals surface area contributed by atoms with E-state index in [1.807, 2.05) is 36.4 Å². The Morgan fingerprint density at radius 3 is 2.92 bits per heavy atom. The molecule has 1 aliphatic heterocycles. The van der Waals surface area contributed by atoms with Crippen LogP contribution in [0.2, 0.25) is 0 Å². The maximum absolute atomic E-state index is 5.43. The fraction of sp³-hybridized carbons (Fsp3) is 0.474. The third-order valence-corrected chi connectivity index (χ3v) is 4.69. The largest absolute Gasteiger partial charge is 0.356 e. The minimum atomic E-state index is 0.582. The summed E-state index contributed by atoms with van der Waals surface area (Å²) >= 11 is 0. The molecular weight excluding hydrogens is 314 g/mol. The molecule has 0 saturated carbocycles. The van der Waals surface area contributed by atoms with E-state index in [9.17, 15) is 0 Å². The van der Waals surface area contributed by atoms with Crippen molar-refractivity contribution in [2.24, 2.45) is 4.99 Å². The van der Waals surface area contributed by atoms with Crippen LogP contribution in [0.15, 0.2) is 45.9 Å². The summed E-state index contributed by atoms with van der Waals surface area (Å²) in [6.07, 6.45) is 2.54. The highest BCUT2D eigenvalue weighted by molar-refractivity contribution is 5.79. The second-order valence-corrected chi connectivity index (χ2v) is 6.28. The summed E-state index contributed by atoms with van der Waals surface area (Å²) < 4.78 is 5.43. The fourth-order valence-corrected chi connectivity index (χ4v) is 3.29. The Kier molecular flexibility index (Phi) is 6.06. The van der Waals surface area contributed by atoms with Gasteiger partial charge in [0, 0.05) is 31.3 Å². The van der Waals surface area contributed by atoms with Gasteiger partial charge in [-0.05, 0) is 25.9 Å². The molecule has 134 valence electrons. The highest BCUT2D eigenvalue weighted by Crippen LogP contribution is 2.19. The molecular formula is C19H27N5O. The van der Waals surface area contributed by atoms with E-state index in [2.05, 4.69) is 32.6 Å². The van der Waals surface area contributed by atoms with Crippen molar-refractivity contribution < 1.29 is 4.52 Å². The quantitative estimate of drug-likeness (QED) is 0.624. The van der Waals surface area contributed by atoms with Crippen molar-refractivity contribution in [2.45, 2.75) is 32.4 Å². The van der Waals surface area contributed by atoms with Gasteiger partial charge in [0.15, 0.2) is 11.7 Å². The molecule has 1 aromatic carbocycles. The first-order valence-corrected chi connectivity index (χ1v) is 8.99. The number of nitrogens with one attached hydrogen (secondary N) is 2. The Morgan fingerprint density at radius 2 is 2.16 bits per heavy atom. The second kappa shape index (κ2) is 8.67. The van der Waals surface area contributed by atoms with Crippen LogP contribution in [0.25, 0.3) is 11.3 Å². The standard InChI is InChI=1S/C19H27N5O/c1-3-24-11-7-10-17(24)14-22-19(20-2)21-13-16-12-18(25-23-16)15-8-5-4-6-9-15/h4-6,8-9,12,17H,3,7,10-11,13-14H2,1-2H3,(H2,20,21,22). The van der Waals surface area contributed by atoms with Crippen LogP contribution in [0.3, 0.4) is 0 Å². The lowest BCUT2D eigenvalue weighted by Crippen LogP contribution is -2.44. The molecule has 1 aromatic heterocycles. The lowest BCUT2D eigenvalue weighted by molar-refractivity contribution is 0.267. The summed E-state index contributed by atoms with van der Waals surface area (Å²) in [4.78, 5) is 6.82. The zero-order valence-corrected chi connectivity index (χ0v) is 15.0. The molecule has 0 spiro atoms. The summed E-state index contributed by atoms with van der Waals surface area (Å²) in [7, 11) is 1.79. The highest BCUT2D eigenvalue weighted by atomic mass is 16.5. The second-order valence-electron chi connectivity index (χ2n) is 6.28. The molecule has 2 heterocycles. The van der Waals surface area contributed by atoms with E-state index in [1.54, 1.807) is 7.05 Å². The Balaban J connectivity index is 1.49. The smallest absolute Gasteiger partial charge is 0.191 e. The van der Waals surface area contributed by atoms with Crippen molar-refractivity contribution in [3.63, 3.8) is 0 Å². The van der Waals surface area contributed by atoms with Gasteiger partial charge in [-0.2, -0.15) is 0 Å². The van der Waals surface area contributed by atoms with Gasteiger partial charge in [-0.15, -0.1) is 0 Å². The lowest BCUT2D eigenvalue weighted by Gasteiger charge is -2.23. The predicted octanol–water partition coefficient (Wildman–Crippen LogP) is 2.49. The average molecular weight is 341 g/mol. The molecule has 3 rings (SSSR count). The van der Waals surface area contributed by atoms with Crippen LogP contribution in [-0.4, -0.2) is 48.7 Å². The molecule has 0 radical (unpaired) electrons. The van der Waals surface area contributed by atoms with Crippen LogP contribution in [0.4, 0.5) is 0 Å². The van der Waals surface area contributed by atoms with Gasteiger partial charge in [0.05, 0.1) is 6.54 Å². The minimum Gasteiger partial charge on any atom is -0.356 e. The molecule has 6 heteroatoms. The van der Waals surface area contributed by atoms with Crippen molar-refractivity contribution >= 4 is 5.96 Å². The van der Waals surface area contributed by atoms with Crippen molar-refractivity contribution in [1.82, 2.24) is 20.7 Å².